The van der Waals surface area contributed by atoms with Gasteiger partial charge in [-0.15, -0.1) is 0 Å². The minimum atomic E-state index is 0.1000. The summed E-state index contributed by atoms with van der Waals surface area (Å²) in [5, 5.41) is 2.98. The summed E-state index contributed by atoms with van der Waals surface area (Å²) < 4.78 is 5.09. The number of hydrogen-bond donors (Lipinski definition) is 2. The first-order chi connectivity index (χ1) is 6.76. The molecule has 1 heterocycles. The number of ether oxygens (including phenoxy) is 1. The van der Waals surface area contributed by atoms with Crippen LogP contribution in [0.15, 0.2) is 0 Å². The van der Waals surface area contributed by atoms with E-state index in [0.717, 1.165) is 0 Å². The van der Waals surface area contributed by atoms with Gasteiger partial charge in [0.2, 0.25) is 11.2 Å². The van der Waals surface area contributed by atoms with Gasteiger partial charge >= 0.3 is 6.01 Å². The molecule has 1 aromatic heterocycles. The summed E-state index contributed by atoms with van der Waals surface area (Å²) in [6.45, 7) is 3.39. The van der Waals surface area contributed by atoms with Crippen molar-refractivity contribution in [2.24, 2.45) is 5.73 Å². The van der Waals surface area contributed by atoms with E-state index in [1.165, 1.54) is 0 Å². The van der Waals surface area contributed by atoms with Gasteiger partial charge in [0.1, 0.15) is 0 Å². The lowest BCUT2D eigenvalue weighted by Crippen LogP contribution is -2.15. The Kier molecular flexibility index (Phi) is 4.34. The van der Waals surface area contributed by atoms with Crippen molar-refractivity contribution >= 4 is 17.5 Å². The SMILES string of the molecule is CCOc1nc(Cl)nc(NCCN)n1. The Morgan fingerprint density at radius 3 is 2.86 bits per heavy atom. The lowest BCUT2D eigenvalue weighted by atomic mass is 10.6. The van der Waals surface area contributed by atoms with Crippen LogP contribution in [0.1, 0.15) is 6.92 Å². The molecule has 0 amide bonds. The zero-order valence-corrected chi connectivity index (χ0v) is 8.58. The van der Waals surface area contributed by atoms with E-state index in [9.17, 15) is 0 Å². The zero-order chi connectivity index (χ0) is 10.4. The van der Waals surface area contributed by atoms with E-state index in [-0.39, 0.29) is 11.3 Å². The summed E-state index contributed by atoms with van der Waals surface area (Å²) in [7, 11) is 0. The summed E-state index contributed by atoms with van der Waals surface area (Å²) in [6.07, 6.45) is 0. The molecule has 14 heavy (non-hydrogen) atoms. The van der Waals surface area contributed by atoms with Gasteiger partial charge in [0.05, 0.1) is 6.61 Å². The summed E-state index contributed by atoms with van der Waals surface area (Å²) in [4.78, 5) is 11.6. The number of nitrogens with zero attached hydrogens (tertiary/aromatic N) is 3. The predicted molar refractivity (Wildman–Crippen MR) is 53.6 cm³/mol. The van der Waals surface area contributed by atoms with E-state index in [0.29, 0.717) is 25.6 Å². The molecule has 7 heteroatoms. The topological polar surface area (TPSA) is 86.0 Å². The Labute approximate surface area is 86.9 Å². The maximum Gasteiger partial charge on any atom is 0.322 e. The lowest BCUT2D eigenvalue weighted by Gasteiger charge is -2.05. The highest BCUT2D eigenvalue weighted by atomic mass is 35.5. The molecular formula is C7H12ClN5O. The van der Waals surface area contributed by atoms with Crippen molar-refractivity contribution in [1.82, 2.24) is 15.0 Å². The van der Waals surface area contributed by atoms with Gasteiger partial charge < -0.3 is 15.8 Å². The second-order valence-corrected chi connectivity index (χ2v) is 2.70. The van der Waals surface area contributed by atoms with Gasteiger partial charge in [-0.2, -0.15) is 15.0 Å². The number of aromatic nitrogens is 3. The highest BCUT2D eigenvalue weighted by molar-refractivity contribution is 6.28. The van der Waals surface area contributed by atoms with E-state index in [2.05, 4.69) is 20.3 Å². The Bertz CT molecular complexity index is 295. The van der Waals surface area contributed by atoms with Gasteiger partial charge in [-0.1, -0.05) is 0 Å². The standard InChI is InChI=1S/C7H12ClN5O/c1-2-14-7-12-5(8)11-6(13-7)10-4-3-9/h2-4,9H2,1H3,(H,10,11,12,13). The van der Waals surface area contributed by atoms with E-state index in [1.807, 2.05) is 6.92 Å². The summed E-state index contributed by atoms with van der Waals surface area (Å²) in [5.41, 5.74) is 5.31. The molecule has 1 rings (SSSR count). The number of hydrogen-bond acceptors (Lipinski definition) is 6. The minimum absolute atomic E-state index is 0.1000. The maximum absolute atomic E-state index is 5.65. The lowest BCUT2D eigenvalue weighted by molar-refractivity contribution is 0.312. The molecule has 0 atom stereocenters. The number of rotatable bonds is 5. The molecule has 0 unspecified atom stereocenters. The molecular weight excluding hydrogens is 206 g/mol. The van der Waals surface area contributed by atoms with Crippen molar-refractivity contribution < 1.29 is 4.74 Å². The summed E-state index contributed by atoms with van der Waals surface area (Å²) >= 11 is 5.65. The van der Waals surface area contributed by atoms with Crippen molar-refractivity contribution in [1.29, 1.82) is 0 Å². The first-order valence-corrected chi connectivity index (χ1v) is 4.62. The quantitative estimate of drug-likeness (QED) is 0.738. The van der Waals surface area contributed by atoms with Crippen molar-refractivity contribution in [3.8, 4) is 6.01 Å². The molecule has 0 aliphatic rings. The van der Waals surface area contributed by atoms with Crippen LogP contribution in [-0.4, -0.2) is 34.6 Å². The first-order valence-electron chi connectivity index (χ1n) is 4.24. The second-order valence-electron chi connectivity index (χ2n) is 2.36. The average molecular weight is 218 g/mol. The number of halogens is 1. The third kappa shape index (κ3) is 3.31. The highest BCUT2D eigenvalue weighted by Crippen LogP contribution is 2.10. The van der Waals surface area contributed by atoms with Crippen LogP contribution >= 0.6 is 11.6 Å². The minimum Gasteiger partial charge on any atom is -0.464 e. The van der Waals surface area contributed by atoms with Gasteiger partial charge in [0.25, 0.3) is 0 Å². The fraction of sp³-hybridized carbons (Fsp3) is 0.571. The van der Waals surface area contributed by atoms with Crippen molar-refractivity contribution in [2.75, 3.05) is 25.0 Å². The fourth-order valence-corrected chi connectivity index (χ4v) is 0.941. The van der Waals surface area contributed by atoms with Crippen LogP contribution < -0.4 is 15.8 Å². The van der Waals surface area contributed by atoms with Gasteiger partial charge in [0, 0.05) is 13.1 Å². The number of nitrogens with two attached hydrogens (primary N) is 1. The largest absolute Gasteiger partial charge is 0.464 e. The van der Waals surface area contributed by atoms with Crippen molar-refractivity contribution in [2.45, 2.75) is 6.92 Å². The Morgan fingerprint density at radius 1 is 1.43 bits per heavy atom. The van der Waals surface area contributed by atoms with Crippen LogP contribution in [-0.2, 0) is 0 Å². The van der Waals surface area contributed by atoms with Crippen LogP contribution in [0.2, 0.25) is 5.28 Å². The molecule has 0 fully saturated rings. The smallest absolute Gasteiger partial charge is 0.322 e. The number of nitrogens with one attached hydrogen (secondary N) is 1. The normalized spacial score (nSPS) is 9.93. The third-order valence-electron chi connectivity index (χ3n) is 1.29. The van der Waals surface area contributed by atoms with Crippen LogP contribution in [0.4, 0.5) is 5.95 Å². The molecule has 6 nitrogen and oxygen atoms in total. The molecule has 0 aliphatic heterocycles. The van der Waals surface area contributed by atoms with E-state index < -0.39 is 0 Å². The molecule has 3 N–H and O–H groups in total. The summed E-state index contributed by atoms with van der Waals surface area (Å²) in [6, 6.07) is 0.215. The Hall–Kier alpha value is -1.14. The first kappa shape index (κ1) is 10.9. The molecule has 0 aromatic carbocycles. The summed E-state index contributed by atoms with van der Waals surface area (Å²) in [5.74, 6) is 0.374. The second kappa shape index (κ2) is 5.56. The predicted octanol–water partition coefficient (Wildman–Crippen LogP) is 0.294. The highest BCUT2D eigenvalue weighted by Gasteiger charge is 2.04. The molecule has 0 aliphatic carbocycles. The third-order valence-corrected chi connectivity index (χ3v) is 1.46. The maximum atomic E-state index is 5.65. The van der Waals surface area contributed by atoms with E-state index in [1.54, 1.807) is 0 Å². The van der Waals surface area contributed by atoms with Crippen molar-refractivity contribution in [3.63, 3.8) is 0 Å². The number of anilines is 1. The average Bonchev–Trinajstić information content (AvgIpc) is 2.14. The van der Waals surface area contributed by atoms with Crippen LogP contribution in [0.25, 0.3) is 0 Å². The van der Waals surface area contributed by atoms with Gasteiger partial charge in [0.15, 0.2) is 0 Å². The molecule has 0 saturated heterocycles. The molecule has 1 aromatic rings. The Balaban J connectivity index is 2.73. The zero-order valence-electron chi connectivity index (χ0n) is 7.83. The molecule has 78 valence electrons. The van der Waals surface area contributed by atoms with E-state index >= 15 is 0 Å². The molecule has 0 saturated carbocycles. The van der Waals surface area contributed by atoms with Gasteiger partial charge in [-0.05, 0) is 18.5 Å². The van der Waals surface area contributed by atoms with Crippen LogP contribution in [0.5, 0.6) is 6.01 Å². The molecule has 0 radical (unpaired) electrons. The van der Waals surface area contributed by atoms with Gasteiger partial charge in [-0.3, -0.25) is 0 Å². The monoisotopic (exact) mass is 217 g/mol. The van der Waals surface area contributed by atoms with Gasteiger partial charge in [-0.25, -0.2) is 0 Å². The fourth-order valence-electron chi connectivity index (χ4n) is 0.789. The van der Waals surface area contributed by atoms with Crippen LogP contribution in [0, 0.1) is 0 Å². The Morgan fingerprint density at radius 2 is 2.21 bits per heavy atom. The van der Waals surface area contributed by atoms with E-state index in [4.69, 9.17) is 22.1 Å². The molecule has 0 spiro atoms. The van der Waals surface area contributed by atoms with Crippen LogP contribution in [0.3, 0.4) is 0 Å². The molecule has 0 bridgehead atoms. The van der Waals surface area contributed by atoms with Crippen molar-refractivity contribution in [3.05, 3.63) is 5.28 Å².